The Morgan fingerprint density at radius 2 is 1.88 bits per heavy atom. The lowest BCUT2D eigenvalue weighted by Gasteiger charge is -2.01. The van der Waals surface area contributed by atoms with Gasteiger partial charge in [-0.3, -0.25) is 0 Å². The molecule has 0 aliphatic heterocycles. The molecule has 0 spiro atoms. The molecule has 0 aliphatic rings. The summed E-state index contributed by atoms with van der Waals surface area (Å²) in [6, 6.07) is 13.4. The Labute approximate surface area is 149 Å². The van der Waals surface area contributed by atoms with E-state index in [2.05, 4.69) is 20.2 Å². The molecule has 0 bridgehead atoms. The molecule has 0 unspecified atom stereocenters. The van der Waals surface area contributed by atoms with Crippen LogP contribution in [0.3, 0.4) is 0 Å². The van der Waals surface area contributed by atoms with Gasteiger partial charge in [0.1, 0.15) is 12.3 Å². The van der Waals surface area contributed by atoms with Gasteiger partial charge in [-0.2, -0.15) is 10.1 Å². The van der Waals surface area contributed by atoms with Crippen LogP contribution in [0.25, 0.3) is 11.5 Å². The number of aryl methyl sites for hydroxylation is 2. The van der Waals surface area contributed by atoms with Crippen LogP contribution >= 0.6 is 0 Å². The third kappa shape index (κ3) is 3.04. The lowest BCUT2D eigenvalue weighted by molar-refractivity contribution is 0.0453. The Bertz CT molecular complexity index is 1080. The quantitative estimate of drug-likeness (QED) is 0.526. The highest BCUT2D eigenvalue weighted by atomic mass is 16.5. The molecular formula is C18H16N6O2. The zero-order valence-corrected chi connectivity index (χ0v) is 14.3. The van der Waals surface area contributed by atoms with Gasteiger partial charge in [0.15, 0.2) is 0 Å². The van der Waals surface area contributed by atoms with E-state index in [-0.39, 0.29) is 12.4 Å². The Kier molecular flexibility index (Phi) is 3.92. The highest BCUT2D eigenvalue weighted by molar-refractivity contribution is 5.85. The van der Waals surface area contributed by atoms with Crippen LogP contribution in [0.2, 0.25) is 0 Å². The second-order valence-corrected chi connectivity index (χ2v) is 5.85. The smallest absolute Gasteiger partial charge is 0.378 e. The molecule has 0 atom stereocenters. The van der Waals surface area contributed by atoms with E-state index in [0.717, 1.165) is 17.1 Å². The third-order valence-electron chi connectivity index (χ3n) is 3.82. The molecule has 0 saturated heterocycles. The van der Waals surface area contributed by atoms with Crippen molar-refractivity contribution in [2.45, 2.75) is 20.5 Å². The maximum Gasteiger partial charge on any atom is 0.378 e. The fourth-order valence-corrected chi connectivity index (χ4v) is 2.62. The molecule has 0 aliphatic carbocycles. The van der Waals surface area contributed by atoms with Crippen molar-refractivity contribution in [1.82, 2.24) is 29.4 Å². The fourth-order valence-electron chi connectivity index (χ4n) is 2.62. The van der Waals surface area contributed by atoms with Gasteiger partial charge in [-0.15, -0.1) is 5.10 Å². The first-order valence-electron chi connectivity index (χ1n) is 8.08. The number of esters is 1. The largest absolute Gasteiger partial charge is 0.453 e. The highest BCUT2D eigenvalue weighted by Crippen LogP contribution is 2.09. The molecule has 130 valence electrons. The number of rotatable bonds is 4. The van der Waals surface area contributed by atoms with E-state index < -0.39 is 5.97 Å². The standard InChI is InChI=1S/C18H16N6O2/c1-12-10-13(2)24-18(19-12)20-16(22-24)17(25)26-11-14-8-9-23(21-14)15-6-4-3-5-7-15/h3-10H,11H2,1-2H3. The summed E-state index contributed by atoms with van der Waals surface area (Å²) in [5.41, 5.74) is 3.23. The molecule has 0 fully saturated rings. The summed E-state index contributed by atoms with van der Waals surface area (Å²) in [5.74, 6) is -0.252. The van der Waals surface area contributed by atoms with Gasteiger partial charge in [0, 0.05) is 17.6 Å². The summed E-state index contributed by atoms with van der Waals surface area (Å²) >= 11 is 0. The number of benzene rings is 1. The average Bonchev–Trinajstić information content (AvgIpc) is 3.27. The minimum atomic E-state index is -0.609. The van der Waals surface area contributed by atoms with Crippen LogP contribution in [0.5, 0.6) is 0 Å². The van der Waals surface area contributed by atoms with E-state index in [4.69, 9.17) is 4.74 Å². The van der Waals surface area contributed by atoms with Crippen molar-refractivity contribution in [3.05, 3.63) is 71.6 Å². The SMILES string of the molecule is Cc1cc(C)n2nc(C(=O)OCc3ccn(-c4ccccc4)n3)nc2n1. The Hall–Kier alpha value is -3.55. The first-order valence-corrected chi connectivity index (χ1v) is 8.08. The molecule has 3 aromatic heterocycles. The van der Waals surface area contributed by atoms with Gasteiger partial charge in [-0.05, 0) is 38.1 Å². The zero-order valence-electron chi connectivity index (χ0n) is 14.3. The van der Waals surface area contributed by atoms with Crippen LogP contribution in [0.15, 0.2) is 48.7 Å². The molecular weight excluding hydrogens is 332 g/mol. The molecule has 0 saturated carbocycles. The van der Waals surface area contributed by atoms with Crippen LogP contribution in [-0.4, -0.2) is 35.3 Å². The molecule has 8 nitrogen and oxygen atoms in total. The first-order chi connectivity index (χ1) is 12.6. The van der Waals surface area contributed by atoms with Gasteiger partial charge in [0.2, 0.25) is 0 Å². The van der Waals surface area contributed by atoms with Crippen LogP contribution in [0.1, 0.15) is 27.7 Å². The van der Waals surface area contributed by atoms with Crippen molar-refractivity contribution >= 4 is 11.7 Å². The zero-order chi connectivity index (χ0) is 18.1. The number of hydrogen-bond donors (Lipinski definition) is 0. The number of carbonyl (C=O) groups excluding carboxylic acids is 1. The Morgan fingerprint density at radius 1 is 1.08 bits per heavy atom. The Morgan fingerprint density at radius 3 is 2.69 bits per heavy atom. The second-order valence-electron chi connectivity index (χ2n) is 5.85. The summed E-state index contributed by atoms with van der Waals surface area (Å²) in [4.78, 5) is 20.6. The van der Waals surface area contributed by atoms with Crippen molar-refractivity contribution in [2.75, 3.05) is 0 Å². The van der Waals surface area contributed by atoms with E-state index in [9.17, 15) is 4.79 Å². The molecule has 0 N–H and O–H groups in total. The number of ether oxygens (including phenoxy) is 1. The van der Waals surface area contributed by atoms with Gasteiger partial charge >= 0.3 is 5.97 Å². The summed E-state index contributed by atoms with van der Waals surface area (Å²) in [5, 5.41) is 8.56. The van der Waals surface area contributed by atoms with Crippen molar-refractivity contribution in [1.29, 1.82) is 0 Å². The topological polar surface area (TPSA) is 87.2 Å². The van der Waals surface area contributed by atoms with Crippen LogP contribution in [0.4, 0.5) is 0 Å². The number of fused-ring (bicyclic) bond motifs is 1. The molecule has 1 aromatic carbocycles. The fraction of sp³-hybridized carbons (Fsp3) is 0.167. The minimum Gasteiger partial charge on any atom is -0.453 e. The van der Waals surface area contributed by atoms with Crippen molar-refractivity contribution in [3.8, 4) is 5.69 Å². The van der Waals surface area contributed by atoms with Gasteiger partial charge < -0.3 is 4.74 Å². The summed E-state index contributed by atoms with van der Waals surface area (Å²) in [6.45, 7) is 3.78. The van der Waals surface area contributed by atoms with Crippen LogP contribution < -0.4 is 0 Å². The van der Waals surface area contributed by atoms with Gasteiger partial charge in [-0.25, -0.2) is 19.0 Å². The summed E-state index contributed by atoms with van der Waals surface area (Å²) < 4.78 is 8.53. The maximum atomic E-state index is 12.2. The summed E-state index contributed by atoms with van der Waals surface area (Å²) in [6.07, 6.45) is 1.82. The normalized spacial score (nSPS) is 11.0. The predicted molar refractivity (Wildman–Crippen MR) is 92.9 cm³/mol. The first kappa shape index (κ1) is 15.9. The van der Waals surface area contributed by atoms with E-state index in [1.807, 2.05) is 56.4 Å². The van der Waals surface area contributed by atoms with E-state index in [0.29, 0.717) is 11.5 Å². The number of nitrogens with zero attached hydrogens (tertiary/aromatic N) is 6. The highest BCUT2D eigenvalue weighted by Gasteiger charge is 2.17. The van der Waals surface area contributed by atoms with Crippen molar-refractivity contribution < 1.29 is 9.53 Å². The molecule has 26 heavy (non-hydrogen) atoms. The van der Waals surface area contributed by atoms with E-state index in [1.165, 1.54) is 4.52 Å². The van der Waals surface area contributed by atoms with E-state index >= 15 is 0 Å². The second kappa shape index (κ2) is 6.40. The minimum absolute atomic E-state index is 0.0197. The van der Waals surface area contributed by atoms with Crippen molar-refractivity contribution in [3.63, 3.8) is 0 Å². The number of carbonyl (C=O) groups is 1. The predicted octanol–water partition coefficient (Wildman–Crippen LogP) is 2.28. The molecule has 8 heteroatoms. The van der Waals surface area contributed by atoms with E-state index in [1.54, 1.807) is 10.7 Å². The molecule has 3 heterocycles. The van der Waals surface area contributed by atoms with Crippen LogP contribution in [-0.2, 0) is 11.3 Å². The molecule has 0 amide bonds. The lowest BCUT2D eigenvalue weighted by atomic mass is 10.3. The van der Waals surface area contributed by atoms with Crippen molar-refractivity contribution in [2.24, 2.45) is 0 Å². The third-order valence-corrected chi connectivity index (χ3v) is 3.82. The van der Waals surface area contributed by atoms with Crippen LogP contribution in [0, 0.1) is 13.8 Å². The van der Waals surface area contributed by atoms with Gasteiger partial charge in [0.05, 0.1) is 5.69 Å². The maximum absolute atomic E-state index is 12.2. The molecule has 0 radical (unpaired) electrons. The Balaban J connectivity index is 1.48. The van der Waals surface area contributed by atoms with Gasteiger partial charge in [-0.1, -0.05) is 18.2 Å². The molecule has 4 aromatic rings. The summed E-state index contributed by atoms with van der Waals surface area (Å²) in [7, 11) is 0. The number of aromatic nitrogens is 6. The molecule has 4 rings (SSSR count). The number of hydrogen-bond acceptors (Lipinski definition) is 6. The average molecular weight is 348 g/mol. The van der Waals surface area contributed by atoms with Gasteiger partial charge in [0.25, 0.3) is 11.6 Å². The lowest BCUT2D eigenvalue weighted by Crippen LogP contribution is -2.08. The monoisotopic (exact) mass is 348 g/mol. The number of para-hydroxylation sites is 1.